The monoisotopic (exact) mass is 564 g/mol. The van der Waals surface area contributed by atoms with Crippen molar-refractivity contribution in [3.63, 3.8) is 0 Å². The summed E-state index contributed by atoms with van der Waals surface area (Å²) in [6.07, 6.45) is 7.09. The highest BCUT2D eigenvalue weighted by Crippen LogP contribution is 2.25. The molecule has 0 rings (SSSR count). The van der Waals surface area contributed by atoms with Crippen LogP contribution >= 0.6 is 0 Å². The summed E-state index contributed by atoms with van der Waals surface area (Å²) >= 11 is 0. The number of nitrogens with one attached hydrogen (secondary N) is 3. The van der Waals surface area contributed by atoms with Gasteiger partial charge in [0.05, 0.1) is 12.2 Å². The van der Waals surface area contributed by atoms with E-state index < -0.39 is 24.1 Å². The van der Waals surface area contributed by atoms with E-state index in [4.69, 9.17) is 0 Å². The third-order valence-corrected chi connectivity index (χ3v) is 4.56. The Balaban J connectivity index is -0.000000701. The number of allylic oxidation sites excluding steroid dienone is 6. The zero-order chi connectivity index (χ0) is 30.7. The van der Waals surface area contributed by atoms with Gasteiger partial charge in [0.15, 0.2) is 0 Å². The van der Waals surface area contributed by atoms with E-state index in [0.29, 0.717) is 24.2 Å². The molecule has 2 atom stereocenters. The number of nitrogens with zero attached hydrogens (tertiary/aromatic N) is 1. The van der Waals surface area contributed by atoms with Crippen LogP contribution in [0.3, 0.4) is 0 Å². The Hall–Kier alpha value is -2.72. The van der Waals surface area contributed by atoms with E-state index in [9.17, 15) is 27.1 Å². The van der Waals surface area contributed by atoms with E-state index in [1.165, 1.54) is 38.1 Å². The molecule has 0 aromatic heterocycles. The van der Waals surface area contributed by atoms with E-state index in [1.807, 2.05) is 19.9 Å². The zero-order valence-electron chi connectivity index (χ0n) is 24.3. The van der Waals surface area contributed by atoms with Crippen LogP contribution in [-0.4, -0.2) is 42.9 Å². The third kappa shape index (κ3) is 25.3. The molecule has 0 aliphatic heterocycles. The minimum Gasteiger partial charge on any atom is -0.370 e. The molecule has 0 aliphatic carbocycles. The Kier molecular flexibility index (Phi) is 28.1. The molecule has 0 radical (unpaired) electrons. The van der Waals surface area contributed by atoms with Crippen LogP contribution in [0, 0.1) is 5.92 Å². The van der Waals surface area contributed by atoms with Gasteiger partial charge >= 0.3 is 6.18 Å². The van der Waals surface area contributed by atoms with E-state index in [1.54, 1.807) is 13.1 Å². The first-order valence-corrected chi connectivity index (χ1v) is 13.2. The first-order valence-electron chi connectivity index (χ1n) is 13.2. The lowest BCUT2D eigenvalue weighted by Crippen LogP contribution is -2.24. The average molecular weight is 565 g/mol. The number of rotatable bonds is 16. The number of alkyl halides is 3. The molecule has 2 unspecified atom stereocenters. The molecule has 0 fully saturated rings. The van der Waals surface area contributed by atoms with Gasteiger partial charge in [-0.1, -0.05) is 59.4 Å². The molecule has 4 N–H and O–H groups in total. The molecule has 0 heterocycles. The van der Waals surface area contributed by atoms with Crippen molar-refractivity contribution in [2.24, 2.45) is 10.9 Å². The summed E-state index contributed by atoms with van der Waals surface area (Å²) in [7, 11) is 0. The largest absolute Gasteiger partial charge is 0.394 e. The Morgan fingerprint density at radius 2 is 1.59 bits per heavy atom. The van der Waals surface area contributed by atoms with Gasteiger partial charge in [-0.3, -0.25) is 0 Å². The second kappa shape index (κ2) is 26.9. The molecule has 5 nitrogen and oxygen atoms in total. The summed E-state index contributed by atoms with van der Waals surface area (Å²) in [5.41, 5.74) is 0.396. The van der Waals surface area contributed by atoms with Gasteiger partial charge in [0.1, 0.15) is 17.9 Å². The van der Waals surface area contributed by atoms with Gasteiger partial charge in [-0.05, 0) is 51.9 Å². The molecule has 0 bridgehead atoms. The summed E-state index contributed by atoms with van der Waals surface area (Å²) < 4.78 is 60.1. The van der Waals surface area contributed by atoms with Crippen LogP contribution in [0.4, 0.5) is 22.0 Å². The molecule has 10 heteroatoms. The molecule has 0 aliphatic rings. The Labute approximate surface area is 232 Å². The number of aliphatic hydroxyl groups excluding tert-OH is 1. The van der Waals surface area contributed by atoms with E-state index >= 15 is 0 Å². The smallest absolute Gasteiger partial charge is 0.370 e. The maximum atomic E-state index is 13.8. The Morgan fingerprint density at radius 1 is 1.03 bits per heavy atom. The fraction of sp³-hybridized carbons (Fsp3) is 0.552. The van der Waals surface area contributed by atoms with Crippen LogP contribution < -0.4 is 16.0 Å². The first-order chi connectivity index (χ1) is 18.4. The highest BCUT2D eigenvalue weighted by atomic mass is 19.4. The van der Waals surface area contributed by atoms with Gasteiger partial charge in [0.2, 0.25) is 0 Å². The maximum Gasteiger partial charge on any atom is 0.394 e. The Morgan fingerprint density at radius 3 is 1.97 bits per heavy atom. The first kappa shape index (κ1) is 40.8. The molecule has 0 aromatic rings. The van der Waals surface area contributed by atoms with Crippen molar-refractivity contribution in [3.8, 4) is 0 Å². The van der Waals surface area contributed by atoms with Crippen molar-refractivity contribution >= 4 is 5.71 Å². The third-order valence-electron chi connectivity index (χ3n) is 4.56. The Bertz CT molecular complexity index is 783. The molecule has 0 spiro atoms. The minimum atomic E-state index is -4.11. The highest BCUT2D eigenvalue weighted by molar-refractivity contribution is 6.01. The van der Waals surface area contributed by atoms with Crippen LogP contribution in [0.15, 0.2) is 78.3 Å². The molecular formula is C29H49F5N4O. The summed E-state index contributed by atoms with van der Waals surface area (Å²) in [4.78, 5) is 4.27. The molecule has 0 aromatic carbocycles. The van der Waals surface area contributed by atoms with Crippen molar-refractivity contribution in [2.45, 2.75) is 79.6 Å². The predicted octanol–water partition coefficient (Wildman–Crippen LogP) is 7.78. The summed E-state index contributed by atoms with van der Waals surface area (Å²) in [6.45, 7) is 20.5. The number of hydrogen-bond donors (Lipinski definition) is 4. The molecular weight excluding hydrogens is 515 g/mol. The lowest BCUT2D eigenvalue weighted by molar-refractivity contribution is -0.156. The van der Waals surface area contributed by atoms with Crippen LogP contribution in [0.5, 0.6) is 0 Å². The fourth-order valence-corrected chi connectivity index (χ4v) is 2.29. The van der Waals surface area contributed by atoms with Crippen molar-refractivity contribution in [1.29, 1.82) is 0 Å². The van der Waals surface area contributed by atoms with Crippen LogP contribution in [-0.2, 0) is 0 Å². The topological polar surface area (TPSA) is 68.7 Å². The zero-order valence-corrected chi connectivity index (χ0v) is 24.3. The van der Waals surface area contributed by atoms with Crippen molar-refractivity contribution in [2.75, 3.05) is 19.6 Å². The summed E-state index contributed by atoms with van der Waals surface area (Å²) in [5, 5.41) is 19.0. The van der Waals surface area contributed by atoms with E-state index in [-0.39, 0.29) is 11.9 Å². The maximum absolute atomic E-state index is 13.8. The fourth-order valence-electron chi connectivity index (χ4n) is 2.29. The van der Waals surface area contributed by atoms with Crippen molar-refractivity contribution < 1.29 is 27.1 Å². The predicted molar refractivity (Wildman–Crippen MR) is 156 cm³/mol. The normalized spacial score (nSPS) is 14.5. The number of aliphatic imine (C=N–C) groups is 1. The van der Waals surface area contributed by atoms with Gasteiger partial charge in [0.25, 0.3) is 0 Å². The molecule has 0 saturated carbocycles. The SMILES string of the molecule is C=CC(=C(F)\C=C\F)/C(C)=N/C(=C\C(O)N/C=C/CC)NCCC.C=CC(C)C(F)(F)F.CCCNCCC. The molecule has 0 amide bonds. The highest BCUT2D eigenvalue weighted by Gasteiger charge is 2.33. The molecule has 0 saturated heterocycles. The number of aliphatic hydroxyl groups is 1. The van der Waals surface area contributed by atoms with Gasteiger partial charge < -0.3 is 21.1 Å². The van der Waals surface area contributed by atoms with Gasteiger partial charge in [-0.15, -0.1) is 6.58 Å². The van der Waals surface area contributed by atoms with Gasteiger partial charge in [0, 0.05) is 30.0 Å². The summed E-state index contributed by atoms with van der Waals surface area (Å²) in [5.74, 6) is -1.77. The summed E-state index contributed by atoms with van der Waals surface area (Å²) in [6, 6.07) is 0. The molecule has 226 valence electrons. The van der Waals surface area contributed by atoms with Crippen molar-refractivity contribution in [3.05, 3.63) is 73.3 Å². The quantitative estimate of drug-likeness (QED) is 0.0386. The van der Waals surface area contributed by atoms with E-state index in [2.05, 4.69) is 47.9 Å². The minimum absolute atomic E-state index is 0.0847. The van der Waals surface area contributed by atoms with Crippen LogP contribution in [0.2, 0.25) is 0 Å². The lowest BCUT2D eigenvalue weighted by atomic mass is 10.1. The second-order valence-electron chi connectivity index (χ2n) is 8.17. The van der Waals surface area contributed by atoms with E-state index in [0.717, 1.165) is 25.8 Å². The van der Waals surface area contributed by atoms with Crippen molar-refractivity contribution in [1.82, 2.24) is 16.0 Å². The van der Waals surface area contributed by atoms with Gasteiger partial charge in [-0.25, -0.2) is 13.8 Å². The second-order valence-corrected chi connectivity index (χ2v) is 8.17. The molecule has 39 heavy (non-hydrogen) atoms. The average Bonchev–Trinajstić information content (AvgIpc) is 2.88. The van der Waals surface area contributed by atoms with Gasteiger partial charge in [-0.2, -0.15) is 13.2 Å². The number of hydrogen-bond acceptors (Lipinski definition) is 5. The standard InChI is InChI=1S/C18H27F2N3O.C6H15N.C5H7F3/c1-5-8-12-22-18(24)13-17(21-11-6-2)23-14(4)15(7-3)16(20)9-10-19;1-3-5-7-6-4-2;1-3-4(2)5(6,7)8/h7-10,12-13,18,21-22,24H,3,5-6,11H2,1-2,4H3;7H,3-6H2,1-2H3;3-4H,1H2,2H3/b10-9+,12-8+,16-15-,17-13-,23-14+;;. The van der Waals surface area contributed by atoms with Crippen LogP contribution in [0.1, 0.15) is 67.2 Å². The van der Waals surface area contributed by atoms with Crippen LogP contribution in [0.25, 0.3) is 0 Å². The number of halogens is 5. The lowest BCUT2D eigenvalue weighted by Gasteiger charge is -2.11.